The molecule has 18 heavy (non-hydrogen) atoms. The number of nitrogens with one attached hydrogen (secondary N) is 1. The van der Waals surface area contributed by atoms with Gasteiger partial charge in [0.25, 0.3) is 0 Å². The zero-order chi connectivity index (χ0) is 13.0. The minimum Gasteiger partial charge on any atom is -0.496 e. The molecule has 2 aromatic rings. The quantitative estimate of drug-likeness (QED) is 0.894. The molecule has 0 fully saturated rings. The minimum absolute atomic E-state index is 0.141. The smallest absolute Gasteiger partial charge is 0.134 e. The predicted octanol–water partition coefficient (Wildman–Crippen LogP) is 3.40. The number of ether oxygens (including phenoxy) is 1. The molecule has 0 saturated heterocycles. The van der Waals surface area contributed by atoms with Crippen LogP contribution < -0.4 is 10.1 Å². The van der Waals surface area contributed by atoms with Crippen LogP contribution in [0.3, 0.4) is 0 Å². The Kier molecular flexibility index (Phi) is 4.33. The Balaban J connectivity index is 2.20. The Morgan fingerprint density at radius 1 is 1.39 bits per heavy atom. The molecule has 1 heterocycles. The third-order valence-corrected chi connectivity index (χ3v) is 3.88. The maximum Gasteiger partial charge on any atom is 0.134 e. The highest BCUT2D eigenvalue weighted by molar-refractivity contribution is 7.10. The van der Waals surface area contributed by atoms with Gasteiger partial charge in [0.15, 0.2) is 0 Å². The van der Waals surface area contributed by atoms with Gasteiger partial charge in [0.2, 0.25) is 0 Å². The summed E-state index contributed by atoms with van der Waals surface area (Å²) in [6.07, 6.45) is 0.741. The van der Waals surface area contributed by atoms with Crippen LogP contribution in [-0.4, -0.2) is 14.2 Å². The van der Waals surface area contributed by atoms with Crippen LogP contribution in [0.25, 0.3) is 0 Å². The van der Waals surface area contributed by atoms with Gasteiger partial charge in [-0.15, -0.1) is 11.3 Å². The van der Waals surface area contributed by atoms with Gasteiger partial charge in [0.1, 0.15) is 11.6 Å². The van der Waals surface area contributed by atoms with Crippen LogP contribution in [0, 0.1) is 5.82 Å². The molecule has 0 aliphatic rings. The maximum atomic E-state index is 13.2. The van der Waals surface area contributed by atoms with E-state index in [1.54, 1.807) is 30.6 Å². The first-order valence-corrected chi connectivity index (χ1v) is 6.65. The predicted molar refractivity (Wildman–Crippen MR) is 72.8 cm³/mol. The van der Waals surface area contributed by atoms with Crippen LogP contribution in [0.1, 0.15) is 16.5 Å². The van der Waals surface area contributed by atoms with Crippen molar-refractivity contribution >= 4 is 11.3 Å². The highest BCUT2D eigenvalue weighted by Gasteiger charge is 2.16. The summed E-state index contributed by atoms with van der Waals surface area (Å²) in [4.78, 5) is 1.14. The first-order chi connectivity index (χ1) is 8.74. The monoisotopic (exact) mass is 265 g/mol. The van der Waals surface area contributed by atoms with E-state index in [9.17, 15) is 4.39 Å². The summed E-state index contributed by atoms with van der Waals surface area (Å²) < 4.78 is 18.5. The van der Waals surface area contributed by atoms with Gasteiger partial charge in [0.05, 0.1) is 12.0 Å². The molecule has 96 valence electrons. The molecule has 0 amide bonds. The summed E-state index contributed by atoms with van der Waals surface area (Å²) >= 11 is 1.65. The second kappa shape index (κ2) is 5.98. The van der Waals surface area contributed by atoms with Crippen molar-refractivity contribution in [3.63, 3.8) is 0 Å². The number of hydrogen-bond acceptors (Lipinski definition) is 3. The van der Waals surface area contributed by atoms with Gasteiger partial charge in [-0.1, -0.05) is 12.1 Å². The molecule has 0 spiro atoms. The van der Waals surface area contributed by atoms with Crippen molar-refractivity contribution in [3.05, 3.63) is 52.0 Å². The summed E-state index contributed by atoms with van der Waals surface area (Å²) in [7, 11) is 3.57. The normalized spacial score (nSPS) is 12.4. The zero-order valence-corrected chi connectivity index (χ0v) is 11.3. The molecule has 1 N–H and O–H groups in total. The molecule has 2 nitrogen and oxygen atoms in total. The third-order valence-electron chi connectivity index (χ3n) is 2.87. The Morgan fingerprint density at radius 3 is 2.89 bits per heavy atom. The molecule has 0 saturated carbocycles. The molecule has 1 atom stereocenters. The van der Waals surface area contributed by atoms with Gasteiger partial charge in [-0.2, -0.15) is 0 Å². The van der Waals surface area contributed by atoms with Crippen LogP contribution in [0.15, 0.2) is 35.7 Å². The third kappa shape index (κ3) is 2.89. The van der Waals surface area contributed by atoms with Gasteiger partial charge >= 0.3 is 0 Å². The van der Waals surface area contributed by atoms with Crippen molar-refractivity contribution in [2.45, 2.75) is 12.5 Å². The molecule has 0 aliphatic heterocycles. The molecule has 0 bridgehead atoms. The lowest BCUT2D eigenvalue weighted by Gasteiger charge is -2.16. The van der Waals surface area contributed by atoms with Crippen molar-refractivity contribution in [2.24, 2.45) is 0 Å². The highest BCUT2D eigenvalue weighted by Crippen LogP contribution is 2.32. The summed E-state index contributed by atoms with van der Waals surface area (Å²) in [5.74, 6) is 0.691. The van der Waals surface area contributed by atoms with Crippen LogP contribution in [0.4, 0.5) is 4.39 Å². The topological polar surface area (TPSA) is 21.3 Å². The summed E-state index contributed by atoms with van der Waals surface area (Å²) in [5, 5.41) is 5.26. The lowest BCUT2D eigenvalue weighted by Crippen LogP contribution is -2.18. The van der Waals surface area contributed by atoms with Crippen LogP contribution in [0.2, 0.25) is 0 Å². The first kappa shape index (κ1) is 13.1. The first-order valence-electron chi connectivity index (χ1n) is 5.77. The second-order valence-electron chi connectivity index (χ2n) is 4.03. The van der Waals surface area contributed by atoms with Crippen molar-refractivity contribution in [1.82, 2.24) is 5.32 Å². The summed E-state index contributed by atoms with van der Waals surface area (Å²) in [6, 6.07) is 8.81. The fourth-order valence-electron chi connectivity index (χ4n) is 1.96. The van der Waals surface area contributed by atoms with E-state index in [0.29, 0.717) is 0 Å². The zero-order valence-electron chi connectivity index (χ0n) is 10.4. The molecule has 1 aromatic heterocycles. The van der Waals surface area contributed by atoms with Crippen LogP contribution >= 0.6 is 11.3 Å². The van der Waals surface area contributed by atoms with Crippen molar-refractivity contribution in [3.8, 4) is 5.75 Å². The Bertz CT molecular complexity index is 512. The lowest BCUT2D eigenvalue weighted by atomic mass is 10.0. The number of hydrogen-bond donors (Lipinski definition) is 1. The Morgan fingerprint density at radius 2 is 2.22 bits per heavy atom. The molecule has 4 heteroatoms. The summed E-state index contributed by atoms with van der Waals surface area (Å²) in [5.41, 5.74) is 0.977. The van der Waals surface area contributed by atoms with Gasteiger partial charge < -0.3 is 10.1 Å². The Labute approximate surface area is 110 Å². The van der Waals surface area contributed by atoms with Gasteiger partial charge in [-0.05, 0) is 42.6 Å². The van der Waals surface area contributed by atoms with E-state index in [1.165, 1.54) is 6.07 Å². The van der Waals surface area contributed by atoms with Crippen LogP contribution in [-0.2, 0) is 6.42 Å². The van der Waals surface area contributed by atoms with Crippen LogP contribution in [0.5, 0.6) is 5.75 Å². The second-order valence-corrected chi connectivity index (χ2v) is 4.98. The van der Waals surface area contributed by atoms with Crippen molar-refractivity contribution in [1.29, 1.82) is 0 Å². The van der Waals surface area contributed by atoms with E-state index in [1.807, 2.05) is 24.6 Å². The molecular formula is C14H16FNOS. The SMILES string of the molecule is CNC(Cc1cccc(F)c1)c1sccc1OC. The van der Waals surface area contributed by atoms with E-state index in [2.05, 4.69) is 5.32 Å². The molecule has 2 rings (SSSR count). The van der Waals surface area contributed by atoms with E-state index in [4.69, 9.17) is 4.74 Å². The number of likely N-dealkylation sites (N-methyl/N-ethyl adjacent to an activating group) is 1. The molecule has 1 aromatic carbocycles. The number of thiophene rings is 1. The highest BCUT2D eigenvalue weighted by atomic mass is 32.1. The Hall–Kier alpha value is -1.39. The minimum atomic E-state index is -0.194. The van der Waals surface area contributed by atoms with E-state index in [-0.39, 0.29) is 11.9 Å². The fourth-order valence-corrected chi connectivity index (χ4v) is 2.93. The largest absolute Gasteiger partial charge is 0.496 e. The van der Waals surface area contributed by atoms with Gasteiger partial charge in [-0.3, -0.25) is 0 Å². The van der Waals surface area contributed by atoms with Crippen molar-refractivity contribution in [2.75, 3.05) is 14.2 Å². The number of methoxy groups -OCH3 is 1. The molecule has 0 radical (unpaired) electrons. The average Bonchev–Trinajstić information content (AvgIpc) is 2.84. The summed E-state index contributed by atoms with van der Waals surface area (Å²) in [6.45, 7) is 0. The molecule has 0 aliphatic carbocycles. The lowest BCUT2D eigenvalue weighted by molar-refractivity contribution is 0.405. The number of benzene rings is 1. The van der Waals surface area contributed by atoms with Gasteiger partial charge in [-0.25, -0.2) is 4.39 Å². The van der Waals surface area contributed by atoms with E-state index in [0.717, 1.165) is 22.6 Å². The van der Waals surface area contributed by atoms with E-state index < -0.39 is 0 Å². The number of rotatable bonds is 5. The number of halogens is 1. The standard InChI is InChI=1S/C14H16FNOS/c1-16-12(14-13(17-2)6-7-18-14)9-10-4-3-5-11(15)8-10/h3-8,12,16H,9H2,1-2H3. The van der Waals surface area contributed by atoms with Crippen molar-refractivity contribution < 1.29 is 9.13 Å². The van der Waals surface area contributed by atoms with E-state index >= 15 is 0 Å². The molecule has 1 unspecified atom stereocenters. The maximum absolute atomic E-state index is 13.2. The van der Waals surface area contributed by atoms with Gasteiger partial charge in [0, 0.05) is 6.04 Å². The average molecular weight is 265 g/mol. The molecular weight excluding hydrogens is 249 g/mol. The fraction of sp³-hybridized carbons (Fsp3) is 0.286.